The Morgan fingerprint density at radius 3 is 2.40 bits per heavy atom. The van der Waals surface area contributed by atoms with Gasteiger partial charge in [0.2, 0.25) is 5.78 Å². The third-order valence-electron chi connectivity index (χ3n) is 3.00. The Kier molecular flexibility index (Phi) is 4.40. The van der Waals surface area contributed by atoms with Crippen molar-refractivity contribution in [1.29, 1.82) is 0 Å². The molecule has 5 heteroatoms. The lowest BCUT2D eigenvalue weighted by Crippen LogP contribution is -2.11. The molecular formula is C15H18N2O3. The van der Waals surface area contributed by atoms with Crippen molar-refractivity contribution in [3.8, 4) is 11.5 Å². The van der Waals surface area contributed by atoms with Crippen LogP contribution in [0.5, 0.6) is 11.5 Å². The van der Waals surface area contributed by atoms with Crippen molar-refractivity contribution in [2.45, 2.75) is 19.9 Å². The molecule has 0 radical (unpaired) electrons. The van der Waals surface area contributed by atoms with Gasteiger partial charge < -0.3 is 14.0 Å². The van der Waals surface area contributed by atoms with E-state index in [4.69, 9.17) is 9.47 Å². The summed E-state index contributed by atoms with van der Waals surface area (Å²) in [5.41, 5.74) is 0.504. The van der Waals surface area contributed by atoms with Gasteiger partial charge in [-0.3, -0.25) is 4.79 Å². The van der Waals surface area contributed by atoms with E-state index >= 15 is 0 Å². The Morgan fingerprint density at radius 1 is 1.20 bits per heavy atom. The van der Waals surface area contributed by atoms with Gasteiger partial charge >= 0.3 is 0 Å². The van der Waals surface area contributed by atoms with Gasteiger partial charge in [0.25, 0.3) is 0 Å². The SMILES string of the molecule is CCCn1ccnc1C(=O)c1cc(OC)cc(OC)c1. The van der Waals surface area contributed by atoms with E-state index in [1.807, 2.05) is 10.8 Å². The fraction of sp³-hybridized carbons (Fsp3) is 0.333. The minimum atomic E-state index is -0.138. The number of hydrogen-bond donors (Lipinski definition) is 0. The van der Waals surface area contributed by atoms with Gasteiger partial charge in [-0.25, -0.2) is 4.98 Å². The number of ether oxygens (including phenoxy) is 2. The van der Waals surface area contributed by atoms with E-state index in [-0.39, 0.29) is 5.78 Å². The fourth-order valence-corrected chi connectivity index (χ4v) is 2.01. The number of ketones is 1. The van der Waals surface area contributed by atoms with E-state index in [1.165, 1.54) is 0 Å². The average molecular weight is 274 g/mol. The second-order valence-corrected chi connectivity index (χ2v) is 4.37. The summed E-state index contributed by atoms with van der Waals surface area (Å²) >= 11 is 0. The summed E-state index contributed by atoms with van der Waals surface area (Å²) in [7, 11) is 3.11. The third-order valence-corrected chi connectivity index (χ3v) is 3.00. The second kappa shape index (κ2) is 6.23. The topological polar surface area (TPSA) is 53.4 Å². The van der Waals surface area contributed by atoms with E-state index in [1.54, 1.807) is 38.6 Å². The average Bonchev–Trinajstić information content (AvgIpc) is 2.94. The Bertz CT molecular complexity index is 583. The highest BCUT2D eigenvalue weighted by atomic mass is 16.5. The monoisotopic (exact) mass is 274 g/mol. The molecule has 5 nitrogen and oxygen atoms in total. The fourth-order valence-electron chi connectivity index (χ4n) is 2.01. The maximum absolute atomic E-state index is 12.5. The summed E-state index contributed by atoms with van der Waals surface area (Å²) in [6, 6.07) is 5.11. The summed E-state index contributed by atoms with van der Waals surface area (Å²) < 4.78 is 12.2. The number of aryl methyl sites for hydroxylation is 1. The smallest absolute Gasteiger partial charge is 0.228 e. The molecule has 1 aromatic heterocycles. The van der Waals surface area contributed by atoms with E-state index in [9.17, 15) is 4.79 Å². The lowest BCUT2D eigenvalue weighted by molar-refractivity contribution is 0.102. The van der Waals surface area contributed by atoms with Gasteiger partial charge in [-0.2, -0.15) is 0 Å². The molecule has 2 rings (SSSR count). The minimum Gasteiger partial charge on any atom is -0.497 e. The summed E-state index contributed by atoms with van der Waals surface area (Å²) in [6.07, 6.45) is 4.40. The van der Waals surface area contributed by atoms with Crippen LogP contribution in [-0.2, 0) is 6.54 Å². The molecule has 0 atom stereocenters. The van der Waals surface area contributed by atoms with Crippen molar-refractivity contribution in [1.82, 2.24) is 9.55 Å². The number of hydrogen-bond acceptors (Lipinski definition) is 4. The number of methoxy groups -OCH3 is 2. The van der Waals surface area contributed by atoms with Gasteiger partial charge in [0, 0.05) is 30.6 Å². The molecule has 0 aliphatic heterocycles. The first kappa shape index (κ1) is 14.1. The zero-order chi connectivity index (χ0) is 14.5. The van der Waals surface area contributed by atoms with Gasteiger partial charge in [0.15, 0.2) is 5.82 Å². The van der Waals surface area contributed by atoms with Gasteiger partial charge in [-0.05, 0) is 18.6 Å². The van der Waals surface area contributed by atoms with Crippen LogP contribution in [0.25, 0.3) is 0 Å². The largest absolute Gasteiger partial charge is 0.497 e. The molecule has 0 fully saturated rings. The minimum absolute atomic E-state index is 0.138. The van der Waals surface area contributed by atoms with Crippen LogP contribution in [0, 0.1) is 0 Å². The number of carbonyl (C=O) groups is 1. The first-order chi connectivity index (χ1) is 9.69. The van der Waals surface area contributed by atoms with Gasteiger partial charge in [0.05, 0.1) is 14.2 Å². The Hall–Kier alpha value is -2.30. The van der Waals surface area contributed by atoms with Crippen molar-refractivity contribution in [2.24, 2.45) is 0 Å². The Labute approximate surface area is 118 Å². The molecule has 0 saturated heterocycles. The molecule has 20 heavy (non-hydrogen) atoms. The number of rotatable bonds is 6. The van der Waals surface area contributed by atoms with E-state index < -0.39 is 0 Å². The Morgan fingerprint density at radius 2 is 1.85 bits per heavy atom. The summed E-state index contributed by atoms with van der Waals surface area (Å²) in [5, 5.41) is 0. The van der Waals surface area contributed by atoms with Crippen molar-refractivity contribution in [3.05, 3.63) is 42.0 Å². The van der Waals surface area contributed by atoms with E-state index in [0.717, 1.165) is 13.0 Å². The zero-order valence-electron chi connectivity index (χ0n) is 11.9. The molecule has 2 aromatic rings. The summed E-state index contributed by atoms with van der Waals surface area (Å²) in [6.45, 7) is 2.82. The van der Waals surface area contributed by atoms with Crippen molar-refractivity contribution < 1.29 is 14.3 Å². The molecular weight excluding hydrogens is 256 g/mol. The number of carbonyl (C=O) groups excluding carboxylic acids is 1. The molecule has 0 unspecified atom stereocenters. The van der Waals surface area contributed by atoms with Crippen LogP contribution in [-0.4, -0.2) is 29.6 Å². The van der Waals surface area contributed by atoms with Gasteiger partial charge in [-0.1, -0.05) is 6.92 Å². The first-order valence-corrected chi connectivity index (χ1v) is 6.48. The Balaban J connectivity index is 2.39. The predicted molar refractivity (Wildman–Crippen MR) is 75.5 cm³/mol. The number of nitrogens with zero attached hydrogens (tertiary/aromatic N) is 2. The lowest BCUT2D eigenvalue weighted by atomic mass is 10.1. The van der Waals surface area contributed by atoms with E-state index in [2.05, 4.69) is 11.9 Å². The highest BCUT2D eigenvalue weighted by Gasteiger charge is 2.17. The maximum Gasteiger partial charge on any atom is 0.228 e. The third kappa shape index (κ3) is 2.82. The second-order valence-electron chi connectivity index (χ2n) is 4.37. The molecule has 0 N–H and O–H groups in total. The van der Waals surface area contributed by atoms with Crippen LogP contribution in [0.2, 0.25) is 0 Å². The van der Waals surface area contributed by atoms with E-state index in [0.29, 0.717) is 22.9 Å². The zero-order valence-corrected chi connectivity index (χ0v) is 11.9. The van der Waals surface area contributed by atoms with Crippen molar-refractivity contribution in [2.75, 3.05) is 14.2 Å². The lowest BCUT2D eigenvalue weighted by Gasteiger charge is -2.09. The number of aromatic nitrogens is 2. The van der Waals surface area contributed by atoms with Crippen LogP contribution in [0.3, 0.4) is 0 Å². The molecule has 0 aliphatic rings. The standard InChI is InChI=1S/C15H18N2O3/c1-4-6-17-7-5-16-15(17)14(18)11-8-12(19-2)10-13(9-11)20-3/h5,7-10H,4,6H2,1-3H3. The number of imidazole rings is 1. The molecule has 0 bridgehead atoms. The van der Waals surface area contributed by atoms with Crippen molar-refractivity contribution >= 4 is 5.78 Å². The molecule has 0 amide bonds. The highest BCUT2D eigenvalue weighted by Crippen LogP contribution is 2.24. The highest BCUT2D eigenvalue weighted by molar-refractivity contribution is 6.07. The molecule has 0 saturated carbocycles. The van der Waals surface area contributed by atoms with Gasteiger partial charge in [-0.15, -0.1) is 0 Å². The quantitative estimate of drug-likeness (QED) is 0.760. The molecule has 0 spiro atoms. The molecule has 106 valence electrons. The molecule has 0 aliphatic carbocycles. The summed E-state index contributed by atoms with van der Waals surface area (Å²) in [5.74, 6) is 1.46. The molecule has 1 aromatic carbocycles. The van der Waals surface area contributed by atoms with Crippen LogP contribution in [0.15, 0.2) is 30.6 Å². The first-order valence-electron chi connectivity index (χ1n) is 6.48. The predicted octanol–water partition coefficient (Wildman–Crippen LogP) is 2.54. The van der Waals surface area contributed by atoms with Crippen LogP contribution >= 0.6 is 0 Å². The van der Waals surface area contributed by atoms with Crippen LogP contribution < -0.4 is 9.47 Å². The van der Waals surface area contributed by atoms with Crippen LogP contribution in [0.4, 0.5) is 0 Å². The van der Waals surface area contributed by atoms with Gasteiger partial charge in [0.1, 0.15) is 11.5 Å². The van der Waals surface area contributed by atoms with Crippen LogP contribution in [0.1, 0.15) is 29.5 Å². The normalized spacial score (nSPS) is 10.3. The maximum atomic E-state index is 12.5. The summed E-state index contributed by atoms with van der Waals surface area (Å²) in [4.78, 5) is 16.7. The number of benzene rings is 1. The molecule has 1 heterocycles. The van der Waals surface area contributed by atoms with Crippen molar-refractivity contribution in [3.63, 3.8) is 0 Å².